The number of ether oxygens (including phenoxy) is 2. The van der Waals surface area contributed by atoms with Crippen molar-refractivity contribution in [3.63, 3.8) is 0 Å². The normalized spacial score (nSPS) is 12.6. The molecule has 0 bridgehead atoms. The highest BCUT2D eigenvalue weighted by Crippen LogP contribution is 2.34. The summed E-state index contributed by atoms with van der Waals surface area (Å²) >= 11 is 0. The van der Waals surface area contributed by atoms with Crippen LogP contribution in [0.2, 0.25) is 0 Å². The maximum absolute atomic E-state index is 13.3. The van der Waals surface area contributed by atoms with Crippen LogP contribution in [0.15, 0.2) is 53.6 Å². The largest absolute Gasteiger partial charge is 0.493 e. The van der Waals surface area contributed by atoms with Gasteiger partial charge in [0.1, 0.15) is 9.84 Å². The van der Waals surface area contributed by atoms with Crippen LogP contribution >= 0.6 is 0 Å². The van der Waals surface area contributed by atoms with Gasteiger partial charge in [0.15, 0.2) is 23.1 Å². The Bertz CT molecular complexity index is 1500. The van der Waals surface area contributed by atoms with E-state index in [1.54, 1.807) is 36.4 Å². The summed E-state index contributed by atoms with van der Waals surface area (Å²) < 4.78 is 50.4. The summed E-state index contributed by atoms with van der Waals surface area (Å²) in [4.78, 5) is 24.0. The standard InChI is InChI=1S/C23H23FN4O5S/c1-4-33-20-10-14(8-9-19(20)32-2)18(13-34(3,30)31)28-17-7-5-6-16(21(17)27-23(28)29)22-25-11-15(24)12-26-22/h5-12,18H,4,13H2,1-3H3,(H,27,29)/t18-/m1/s1. The van der Waals surface area contributed by atoms with Gasteiger partial charge in [-0.05, 0) is 36.8 Å². The van der Waals surface area contributed by atoms with Gasteiger partial charge in [0, 0.05) is 11.8 Å². The Hall–Kier alpha value is -3.73. The molecule has 0 aliphatic rings. The molecule has 0 unspecified atom stereocenters. The van der Waals surface area contributed by atoms with Crippen LogP contribution in [0.1, 0.15) is 18.5 Å². The zero-order valence-electron chi connectivity index (χ0n) is 18.8. The minimum atomic E-state index is -3.50. The molecule has 178 valence electrons. The van der Waals surface area contributed by atoms with Crippen molar-refractivity contribution in [1.29, 1.82) is 0 Å². The number of benzene rings is 2. The summed E-state index contributed by atoms with van der Waals surface area (Å²) in [6, 6.07) is 9.29. The van der Waals surface area contributed by atoms with Gasteiger partial charge in [-0.1, -0.05) is 12.1 Å². The first-order valence-electron chi connectivity index (χ1n) is 10.4. The van der Waals surface area contributed by atoms with Crippen LogP contribution in [-0.2, 0) is 9.84 Å². The number of aromatic amines is 1. The van der Waals surface area contributed by atoms with Gasteiger partial charge >= 0.3 is 5.69 Å². The molecular weight excluding hydrogens is 463 g/mol. The molecular formula is C23H23FN4O5S. The van der Waals surface area contributed by atoms with E-state index in [1.165, 1.54) is 11.7 Å². The van der Waals surface area contributed by atoms with Gasteiger partial charge in [-0.25, -0.2) is 27.6 Å². The summed E-state index contributed by atoms with van der Waals surface area (Å²) in [5.74, 6) is 0.248. The van der Waals surface area contributed by atoms with Crippen LogP contribution in [0.3, 0.4) is 0 Å². The first-order chi connectivity index (χ1) is 16.2. The number of halogens is 1. The van der Waals surface area contributed by atoms with E-state index in [1.807, 2.05) is 6.92 Å². The van der Waals surface area contributed by atoms with Gasteiger partial charge in [-0.15, -0.1) is 0 Å². The maximum atomic E-state index is 13.3. The number of hydrogen-bond acceptors (Lipinski definition) is 7. The van der Waals surface area contributed by atoms with Crippen LogP contribution in [0.25, 0.3) is 22.4 Å². The molecule has 0 aliphatic heterocycles. The number of aromatic nitrogens is 4. The second kappa shape index (κ2) is 9.26. The number of nitrogens with one attached hydrogen (secondary N) is 1. The number of rotatable bonds is 8. The average Bonchev–Trinajstić information content (AvgIpc) is 3.13. The van der Waals surface area contributed by atoms with Crippen molar-refractivity contribution in [2.75, 3.05) is 25.7 Å². The Morgan fingerprint density at radius 1 is 1.15 bits per heavy atom. The van der Waals surface area contributed by atoms with Gasteiger partial charge in [0.05, 0.1) is 48.9 Å². The van der Waals surface area contributed by atoms with Crippen LogP contribution in [0.4, 0.5) is 4.39 Å². The van der Waals surface area contributed by atoms with Crippen LogP contribution in [0, 0.1) is 5.82 Å². The summed E-state index contributed by atoms with van der Waals surface area (Å²) in [5.41, 5.74) is 1.40. The van der Waals surface area contributed by atoms with E-state index in [0.717, 1.165) is 18.6 Å². The van der Waals surface area contributed by atoms with Gasteiger partial charge in [0.25, 0.3) is 0 Å². The number of sulfone groups is 1. The van der Waals surface area contributed by atoms with E-state index in [4.69, 9.17) is 9.47 Å². The summed E-state index contributed by atoms with van der Waals surface area (Å²) in [7, 11) is -1.99. The van der Waals surface area contributed by atoms with Gasteiger partial charge in [-0.2, -0.15) is 0 Å². The van der Waals surface area contributed by atoms with Crippen molar-refractivity contribution in [3.05, 3.63) is 70.7 Å². The molecule has 2 aromatic heterocycles. The third-order valence-corrected chi connectivity index (χ3v) is 6.18. The fourth-order valence-electron chi connectivity index (χ4n) is 3.87. The molecule has 0 radical (unpaired) electrons. The zero-order chi connectivity index (χ0) is 24.5. The lowest BCUT2D eigenvalue weighted by Crippen LogP contribution is -2.28. The number of imidazole rings is 1. The molecule has 1 atom stereocenters. The number of methoxy groups -OCH3 is 1. The number of nitrogens with zero attached hydrogens (tertiary/aromatic N) is 3. The zero-order valence-corrected chi connectivity index (χ0v) is 19.6. The van der Waals surface area contributed by atoms with Crippen molar-refractivity contribution >= 4 is 20.9 Å². The quantitative estimate of drug-likeness (QED) is 0.407. The summed E-state index contributed by atoms with van der Waals surface area (Å²) in [5, 5.41) is 0. The SMILES string of the molecule is CCOc1cc([C@@H](CS(C)(=O)=O)n2c(=O)[nH]c3c(-c4ncc(F)cn4)cccc32)ccc1OC. The highest BCUT2D eigenvalue weighted by molar-refractivity contribution is 7.90. The molecule has 11 heteroatoms. The number of H-pyrrole nitrogens is 1. The smallest absolute Gasteiger partial charge is 0.327 e. The first-order valence-corrected chi connectivity index (χ1v) is 12.5. The Kier molecular flexibility index (Phi) is 6.38. The fourth-order valence-corrected chi connectivity index (χ4v) is 4.79. The third kappa shape index (κ3) is 4.65. The van der Waals surface area contributed by atoms with Crippen molar-refractivity contribution in [1.82, 2.24) is 19.5 Å². The average molecular weight is 487 g/mol. The van der Waals surface area contributed by atoms with Gasteiger partial charge in [0.2, 0.25) is 0 Å². The van der Waals surface area contributed by atoms with Crippen LogP contribution in [-0.4, -0.2) is 53.7 Å². The maximum Gasteiger partial charge on any atom is 0.327 e. The number of hydrogen-bond donors (Lipinski definition) is 1. The molecule has 4 rings (SSSR count). The Morgan fingerprint density at radius 2 is 1.88 bits per heavy atom. The molecule has 0 aliphatic carbocycles. The van der Waals surface area contributed by atoms with Crippen LogP contribution in [0.5, 0.6) is 11.5 Å². The first kappa shape index (κ1) is 23.4. The van der Waals surface area contributed by atoms with Crippen molar-refractivity contribution < 1.29 is 22.3 Å². The molecule has 9 nitrogen and oxygen atoms in total. The third-order valence-electron chi connectivity index (χ3n) is 5.26. The Morgan fingerprint density at radius 3 is 2.53 bits per heavy atom. The van der Waals surface area contributed by atoms with Crippen molar-refractivity contribution in [2.24, 2.45) is 0 Å². The van der Waals surface area contributed by atoms with Gasteiger partial charge < -0.3 is 14.5 Å². The second-order valence-electron chi connectivity index (χ2n) is 7.68. The Labute approximate surface area is 195 Å². The predicted molar refractivity (Wildman–Crippen MR) is 126 cm³/mol. The number of fused-ring (bicyclic) bond motifs is 1. The fraction of sp³-hybridized carbons (Fsp3) is 0.261. The second-order valence-corrected chi connectivity index (χ2v) is 9.86. The molecule has 1 N–H and O–H groups in total. The lowest BCUT2D eigenvalue weighted by atomic mass is 10.1. The minimum absolute atomic E-state index is 0.225. The molecule has 0 fully saturated rings. The molecule has 0 amide bonds. The lowest BCUT2D eigenvalue weighted by molar-refractivity contribution is 0.310. The van der Waals surface area contributed by atoms with E-state index < -0.39 is 27.4 Å². The number of para-hydroxylation sites is 1. The van der Waals surface area contributed by atoms with Crippen LogP contribution < -0.4 is 15.2 Å². The molecule has 0 saturated carbocycles. The monoisotopic (exact) mass is 486 g/mol. The van der Waals surface area contributed by atoms with Crippen molar-refractivity contribution in [2.45, 2.75) is 13.0 Å². The molecule has 4 aromatic rings. The lowest BCUT2D eigenvalue weighted by Gasteiger charge is -2.20. The molecule has 2 aromatic carbocycles. The van der Waals surface area contributed by atoms with E-state index >= 15 is 0 Å². The predicted octanol–water partition coefficient (Wildman–Crippen LogP) is 2.97. The van der Waals surface area contributed by atoms with E-state index in [9.17, 15) is 17.6 Å². The summed E-state index contributed by atoms with van der Waals surface area (Å²) in [6.07, 6.45) is 3.19. The highest BCUT2D eigenvalue weighted by atomic mass is 32.2. The van der Waals surface area contributed by atoms with E-state index in [-0.39, 0.29) is 11.6 Å². The molecule has 0 spiro atoms. The highest BCUT2D eigenvalue weighted by Gasteiger charge is 2.26. The van der Waals surface area contributed by atoms with E-state index in [0.29, 0.717) is 40.3 Å². The molecule has 2 heterocycles. The summed E-state index contributed by atoms with van der Waals surface area (Å²) in [6.45, 7) is 2.20. The molecule has 0 saturated heterocycles. The molecule has 34 heavy (non-hydrogen) atoms. The van der Waals surface area contributed by atoms with Gasteiger partial charge in [-0.3, -0.25) is 4.57 Å². The van der Waals surface area contributed by atoms with E-state index in [2.05, 4.69) is 15.0 Å². The van der Waals surface area contributed by atoms with Crippen molar-refractivity contribution in [3.8, 4) is 22.9 Å². The Balaban J connectivity index is 1.94. The topological polar surface area (TPSA) is 116 Å². The minimum Gasteiger partial charge on any atom is -0.493 e.